The number of hydrogen-bond donors (Lipinski definition) is 2. The maximum absolute atomic E-state index is 13.9. The van der Waals surface area contributed by atoms with Crippen LogP contribution >= 0.6 is 0 Å². The van der Waals surface area contributed by atoms with Crippen molar-refractivity contribution in [3.63, 3.8) is 0 Å². The van der Waals surface area contributed by atoms with Crippen molar-refractivity contribution in [1.82, 2.24) is 20.4 Å². The molecule has 2 N–H and O–H groups in total. The zero-order valence-electron chi connectivity index (χ0n) is 13.4. The summed E-state index contributed by atoms with van der Waals surface area (Å²) in [7, 11) is 0. The number of carbonyl (C=O) groups excluding carboxylic acids is 1. The second-order valence-corrected chi connectivity index (χ2v) is 6.05. The SMILES string of the molecule is C[C@@H](NC(=O)N1CCCC[C@H]1c1cn[nH]c1)c1cccc(F)c1F. The van der Waals surface area contributed by atoms with Crippen molar-refractivity contribution in [2.45, 2.75) is 38.3 Å². The molecular formula is C17H20F2N4O. The Balaban J connectivity index is 1.74. The number of carbonyl (C=O) groups is 1. The van der Waals surface area contributed by atoms with Gasteiger partial charge in [0.05, 0.1) is 18.3 Å². The van der Waals surface area contributed by atoms with E-state index in [2.05, 4.69) is 15.5 Å². The molecular weight excluding hydrogens is 314 g/mol. The maximum Gasteiger partial charge on any atom is 0.318 e. The molecule has 0 saturated carbocycles. The highest BCUT2D eigenvalue weighted by Gasteiger charge is 2.29. The molecule has 1 fully saturated rings. The third-order valence-corrected chi connectivity index (χ3v) is 4.46. The Labute approximate surface area is 139 Å². The Morgan fingerprint density at radius 2 is 2.25 bits per heavy atom. The molecule has 0 spiro atoms. The largest absolute Gasteiger partial charge is 0.331 e. The van der Waals surface area contributed by atoms with Crippen LogP contribution in [0.15, 0.2) is 30.6 Å². The molecule has 1 aromatic carbocycles. The molecule has 7 heteroatoms. The summed E-state index contributed by atoms with van der Waals surface area (Å²) in [6.45, 7) is 2.27. The number of aromatic amines is 1. The number of nitrogens with one attached hydrogen (secondary N) is 2. The predicted molar refractivity (Wildman–Crippen MR) is 85.2 cm³/mol. The van der Waals surface area contributed by atoms with E-state index >= 15 is 0 Å². The first-order valence-corrected chi connectivity index (χ1v) is 8.07. The first-order chi connectivity index (χ1) is 11.6. The summed E-state index contributed by atoms with van der Waals surface area (Å²) in [6, 6.07) is 3.02. The van der Waals surface area contributed by atoms with E-state index in [9.17, 15) is 13.6 Å². The molecule has 2 amide bonds. The van der Waals surface area contributed by atoms with Crippen LogP contribution in [0.4, 0.5) is 13.6 Å². The van der Waals surface area contributed by atoms with Crippen LogP contribution < -0.4 is 5.32 Å². The number of nitrogens with zero attached hydrogens (tertiary/aromatic N) is 2. The number of urea groups is 1. The van der Waals surface area contributed by atoms with Gasteiger partial charge < -0.3 is 10.2 Å². The van der Waals surface area contributed by atoms with E-state index in [0.717, 1.165) is 30.9 Å². The van der Waals surface area contributed by atoms with Gasteiger partial charge in [0, 0.05) is 23.9 Å². The molecule has 1 saturated heterocycles. The number of amides is 2. The molecule has 0 unspecified atom stereocenters. The molecule has 24 heavy (non-hydrogen) atoms. The fourth-order valence-corrected chi connectivity index (χ4v) is 3.17. The highest BCUT2D eigenvalue weighted by Crippen LogP contribution is 2.30. The van der Waals surface area contributed by atoms with Crippen molar-refractivity contribution in [2.75, 3.05) is 6.54 Å². The molecule has 1 aliphatic heterocycles. The van der Waals surface area contributed by atoms with Gasteiger partial charge in [-0.1, -0.05) is 12.1 Å². The molecule has 2 aromatic rings. The van der Waals surface area contributed by atoms with Gasteiger partial charge in [-0.25, -0.2) is 13.6 Å². The fourth-order valence-electron chi connectivity index (χ4n) is 3.17. The van der Waals surface area contributed by atoms with Gasteiger partial charge in [-0.15, -0.1) is 0 Å². The van der Waals surface area contributed by atoms with Gasteiger partial charge in [0.15, 0.2) is 11.6 Å². The van der Waals surface area contributed by atoms with Gasteiger partial charge in [-0.2, -0.15) is 5.10 Å². The predicted octanol–water partition coefficient (Wildman–Crippen LogP) is 3.69. The van der Waals surface area contributed by atoms with Crippen molar-refractivity contribution >= 4 is 6.03 Å². The lowest BCUT2D eigenvalue weighted by Gasteiger charge is -2.36. The van der Waals surface area contributed by atoms with Gasteiger partial charge in [0.25, 0.3) is 0 Å². The molecule has 0 bridgehead atoms. The minimum absolute atomic E-state index is 0.0537. The number of hydrogen-bond acceptors (Lipinski definition) is 2. The molecule has 1 aromatic heterocycles. The first kappa shape index (κ1) is 16.4. The third kappa shape index (κ3) is 3.25. The fraction of sp³-hybridized carbons (Fsp3) is 0.412. The minimum Gasteiger partial charge on any atom is -0.331 e. The van der Waals surface area contributed by atoms with Gasteiger partial charge in [0.2, 0.25) is 0 Å². The van der Waals surface area contributed by atoms with Crippen LogP contribution in [0.5, 0.6) is 0 Å². The van der Waals surface area contributed by atoms with Crippen molar-refractivity contribution in [3.05, 3.63) is 53.4 Å². The molecule has 5 nitrogen and oxygen atoms in total. The summed E-state index contributed by atoms with van der Waals surface area (Å²) < 4.78 is 27.3. The van der Waals surface area contributed by atoms with E-state index in [0.29, 0.717) is 6.54 Å². The smallest absolute Gasteiger partial charge is 0.318 e. The molecule has 1 aliphatic rings. The molecule has 128 valence electrons. The van der Waals surface area contributed by atoms with Gasteiger partial charge in [0.1, 0.15) is 0 Å². The second-order valence-electron chi connectivity index (χ2n) is 6.05. The number of rotatable bonds is 3. The van der Waals surface area contributed by atoms with Crippen LogP contribution in [0.2, 0.25) is 0 Å². The van der Waals surface area contributed by atoms with E-state index in [-0.39, 0.29) is 17.6 Å². The topological polar surface area (TPSA) is 61.0 Å². The molecule has 3 rings (SSSR count). The Morgan fingerprint density at radius 1 is 1.42 bits per heavy atom. The van der Waals surface area contributed by atoms with E-state index in [1.807, 2.05) is 0 Å². The monoisotopic (exact) mass is 334 g/mol. The Morgan fingerprint density at radius 3 is 3.00 bits per heavy atom. The van der Waals surface area contributed by atoms with E-state index in [1.165, 1.54) is 12.1 Å². The summed E-state index contributed by atoms with van der Waals surface area (Å²) in [4.78, 5) is 14.4. The van der Waals surface area contributed by atoms with Crippen LogP contribution in [-0.2, 0) is 0 Å². The first-order valence-electron chi connectivity index (χ1n) is 8.07. The molecule has 0 aliphatic carbocycles. The Bertz CT molecular complexity index is 705. The molecule has 2 atom stereocenters. The zero-order chi connectivity index (χ0) is 17.1. The Hall–Kier alpha value is -2.44. The van der Waals surface area contributed by atoms with Crippen LogP contribution in [-0.4, -0.2) is 27.7 Å². The zero-order valence-corrected chi connectivity index (χ0v) is 13.4. The lowest BCUT2D eigenvalue weighted by atomic mass is 9.98. The summed E-state index contributed by atoms with van der Waals surface area (Å²) in [5, 5.41) is 9.49. The summed E-state index contributed by atoms with van der Waals surface area (Å²) in [6.07, 6.45) is 6.31. The number of aromatic nitrogens is 2. The van der Waals surface area contributed by atoms with Crippen LogP contribution in [0, 0.1) is 11.6 Å². The normalized spacial score (nSPS) is 19.1. The lowest BCUT2D eigenvalue weighted by Crippen LogP contribution is -2.45. The lowest BCUT2D eigenvalue weighted by molar-refractivity contribution is 0.149. The average Bonchev–Trinajstić information content (AvgIpc) is 3.11. The summed E-state index contributed by atoms with van der Waals surface area (Å²) in [5.41, 5.74) is 1.09. The van der Waals surface area contributed by atoms with Crippen molar-refractivity contribution in [3.8, 4) is 0 Å². The van der Waals surface area contributed by atoms with Crippen molar-refractivity contribution in [2.24, 2.45) is 0 Å². The maximum atomic E-state index is 13.9. The second kappa shape index (κ2) is 6.98. The number of piperidine rings is 1. The van der Waals surface area contributed by atoms with Gasteiger partial charge >= 0.3 is 6.03 Å². The minimum atomic E-state index is -0.921. The average molecular weight is 334 g/mol. The van der Waals surface area contributed by atoms with Crippen LogP contribution in [0.3, 0.4) is 0 Å². The number of benzene rings is 1. The van der Waals surface area contributed by atoms with Gasteiger partial charge in [-0.3, -0.25) is 5.10 Å². The summed E-state index contributed by atoms with van der Waals surface area (Å²) in [5.74, 6) is -1.84. The van der Waals surface area contributed by atoms with Crippen molar-refractivity contribution in [1.29, 1.82) is 0 Å². The third-order valence-electron chi connectivity index (χ3n) is 4.46. The van der Waals surface area contributed by atoms with E-state index in [4.69, 9.17) is 0 Å². The highest BCUT2D eigenvalue weighted by atomic mass is 19.2. The van der Waals surface area contributed by atoms with Crippen LogP contribution in [0.1, 0.15) is 49.4 Å². The summed E-state index contributed by atoms with van der Waals surface area (Å²) >= 11 is 0. The molecule has 0 radical (unpaired) electrons. The van der Waals surface area contributed by atoms with Crippen molar-refractivity contribution < 1.29 is 13.6 Å². The van der Waals surface area contributed by atoms with E-state index < -0.39 is 17.7 Å². The number of likely N-dealkylation sites (tertiary alicyclic amines) is 1. The molecule has 2 heterocycles. The quantitative estimate of drug-likeness (QED) is 0.899. The van der Waals surface area contributed by atoms with Crippen LogP contribution in [0.25, 0.3) is 0 Å². The highest BCUT2D eigenvalue weighted by molar-refractivity contribution is 5.75. The standard InChI is InChI=1S/C17H20F2N4O/c1-11(13-5-4-6-14(18)16(13)19)22-17(24)23-8-3-2-7-15(23)12-9-20-21-10-12/h4-6,9-11,15H,2-3,7-8H2,1H3,(H,20,21)(H,22,24)/t11-,15+/m1/s1. The van der Waals surface area contributed by atoms with Gasteiger partial charge in [-0.05, 0) is 32.3 Å². The Kier molecular flexibility index (Phi) is 4.78. The van der Waals surface area contributed by atoms with E-state index in [1.54, 1.807) is 24.2 Å². The number of H-pyrrole nitrogens is 1. The number of halogens is 2.